The van der Waals surface area contributed by atoms with Crippen molar-refractivity contribution in [2.45, 2.75) is 30.9 Å². The van der Waals surface area contributed by atoms with Crippen LogP contribution in [-0.2, 0) is 19.1 Å². The quantitative estimate of drug-likeness (QED) is 0.632. The largest absolute Gasteiger partial charge is 0.468 e. The summed E-state index contributed by atoms with van der Waals surface area (Å²) in [6.45, 7) is 5.81. The molecule has 1 fully saturated rings. The first kappa shape index (κ1) is 15.9. The van der Waals surface area contributed by atoms with E-state index in [0.29, 0.717) is 0 Å². The number of ether oxygens (including phenoxy) is 2. The molecule has 1 aliphatic rings. The highest BCUT2D eigenvalue weighted by Gasteiger charge is 2.82. The predicted octanol–water partition coefficient (Wildman–Crippen LogP) is 2.83. The third-order valence-corrected chi connectivity index (χ3v) is 6.23. The van der Waals surface area contributed by atoms with Crippen molar-refractivity contribution in [3.05, 3.63) is 29.8 Å². The summed E-state index contributed by atoms with van der Waals surface area (Å²) >= 11 is 1.54. The van der Waals surface area contributed by atoms with Gasteiger partial charge in [-0.1, -0.05) is 32.0 Å². The Labute approximate surface area is 129 Å². The molecule has 1 aromatic carbocycles. The standard InChI is InChI=1S/C16H20O4S/c1-10-8-6-7-9-11(10)21-12-15(2,3)16(12,13(17)19-4)14(18)20-5/h6-9,12H,1-5H3. The van der Waals surface area contributed by atoms with Gasteiger partial charge in [-0.05, 0) is 18.6 Å². The Balaban J connectivity index is 2.38. The molecule has 0 heterocycles. The minimum atomic E-state index is -1.23. The second-order valence-corrected chi connectivity index (χ2v) is 6.92. The summed E-state index contributed by atoms with van der Waals surface area (Å²) in [5.41, 5.74) is -0.627. The van der Waals surface area contributed by atoms with Gasteiger partial charge in [0.1, 0.15) is 0 Å². The van der Waals surface area contributed by atoms with Crippen LogP contribution in [0.1, 0.15) is 19.4 Å². The van der Waals surface area contributed by atoms with E-state index in [2.05, 4.69) is 0 Å². The molecule has 0 aromatic heterocycles. The fourth-order valence-electron chi connectivity index (χ4n) is 2.91. The summed E-state index contributed by atoms with van der Waals surface area (Å²) < 4.78 is 9.76. The summed E-state index contributed by atoms with van der Waals surface area (Å²) in [6, 6.07) is 7.91. The molecule has 1 aromatic rings. The van der Waals surface area contributed by atoms with Gasteiger partial charge in [-0.25, -0.2) is 0 Å². The number of hydrogen-bond acceptors (Lipinski definition) is 5. The highest BCUT2D eigenvalue weighted by atomic mass is 32.2. The van der Waals surface area contributed by atoms with Crippen LogP contribution in [0.4, 0.5) is 0 Å². The first-order valence-electron chi connectivity index (χ1n) is 6.73. The van der Waals surface area contributed by atoms with E-state index in [1.807, 2.05) is 45.0 Å². The lowest BCUT2D eigenvalue weighted by molar-refractivity contribution is -0.163. The smallest absolute Gasteiger partial charge is 0.325 e. The molecule has 1 aliphatic carbocycles. The predicted molar refractivity (Wildman–Crippen MR) is 81.1 cm³/mol. The van der Waals surface area contributed by atoms with Gasteiger partial charge in [0.05, 0.1) is 14.2 Å². The number of carbonyl (C=O) groups excluding carboxylic acids is 2. The topological polar surface area (TPSA) is 52.6 Å². The number of hydrogen-bond donors (Lipinski definition) is 0. The van der Waals surface area contributed by atoms with E-state index in [1.165, 1.54) is 26.0 Å². The highest BCUT2D eigenvalue weighted by Crippen LogP contribution is 2.71. The first-order chi connectivity index (χ1) is 9.83. The molecule has 2 rings (SSSR count). The third kappa shape index (κ3) is 2.14. The van der Waals surface area contributed by atoms with Crippen LogP contribution in [0.2, 0.25) is 0 Å². The van der Waals surface area contributed by atoms with Crippen molar-refractivity contribution < 1.29 is 19.1 Å². The fraction of sp³-hybridized carbons (Fsp3) is 0.500. The van der Waals surface area contributed by atoms with Crippen molar-refractivity contribution in [3.8, 4) is 0 Å². The van der Waals surface area contributed by atoms with Crippen LogP contribution in [-0.4, -0.2) is 31.4 Å². The summed E-state index contributed by atoms with van der Waals surface area (Å²) in [5, 5.41) is -0.203. The van der Waals surface area contributed by atoms with Gasteiger partial charge in [0.15, 0.2) is 5.41 Å². The SMILES string of the molecule is COC(=O)C1(C(=O)OC)C(Sc2ccccc2C)C1(C)C. The summed E-state index contributed by atoms with van der Waals surface area (Å²) in [4.78, 5) is 25.6. The molecule has 114 valence electrons. The molecule has 0 aliphatic heterocycles. The van der Waals surface area contributed by atoms with Crippen molar-refractivity contribution in [1.29, 1.82) is 0 Å². The maximum atomic E-state index is 12.3. The lowest BCUT2D eigenvalue weighted by Gasteiger charge is -2.14. The van der Waals surface area contributed by atoms with E-state index in [0.717, 1.165) is 10.5 Å². The first-order valence-corrected chi connectivity index (χ1v) is 7.61. The van der Waals surface area contributed by atoms with Crippen LogP contribution in [0.25, 0.3) is 0 Å². The molecule has 0 N–H and O–H groups in total. The van der Waals surface area contributed by atoms with Gasteiger partial charge >= 0.3 is 11.9 Å². The zero-order chi connectivity index (χ0) is 15.8. The summed E-state index contributed by atoms with van der Waals surface area (Å²) in [6.07, 6.45) is 0. The molecule has 0 spiro atoms. The lowest BCUT2D eigenvalue weighted by Crippen LogP contribution is -2.34. The van der Waals surface area contributed by atoms with Crippen LogP contribution < -0.4 is 0 Å². The molecular formula is C16H20O4S. The van der Waals surface area contributed by atoms with E-state index in [1.54, 1.807) is 0 Å². The fourth-order valence-corrected chi connectivity index (χ4v) is 4.66. The van der Waals surface area contributed by atoms with Crippen LogP contribution in [0.5, 0.6) is 0 Å². The number of aryl methyl sites for hydroxylation is 1. The normalized spacial score (nSPS) is 21.5. The van der Waals surface area contributed by atoms with Crippen LogP contribution in [0.3, 0.4) is 0 Å². The van der Waals surface area contributed by atoms with Gasteiger partial charge < -0.3 is 9.47 Å². The Hall–Kier alpha value is -1.49. The Kier molecular flexibility index (Phi) is 4.06. The number of rotatable bonds is 4. The average Bonchev–Trinajstić information content (AvgIpc) is 2.96. The molecule has 21 heavy (non-hydrogen) atoms. The second-order valence-electron chi connectivity index (χ2n) is 5.78. The number of benzene rings is 1. The van der Waals surface area contributed by atoms with E-state index < -0.39 is 22.8 Å². The van der Waals surface area contributed by atoms with Gasteiger partial charge in [-0.15, -0.1) is 11.8 Å². The zero-order valence-electron chi connectivity index (χ0n) is 12.9. The van der Waals surface area contributed by atoms with Crippen molar-refractivity contribution in [2.75, 3.05) is 14.2 Å². The molecule has 1 unspecified atom stereocenters. The number of methoxy groups -OCH3 is 2. The Morgan fingerprint density at radius 3 is 2.10 bits per heavy atom. The second kappa shape index (κ2) is 5.37. The maximum absolute atomic E-state index is 12.3. The molecule has 5 heteroatoms. The van der Waals surface area contributed by atoms with E-state index >= 15 is 0 Å². The molecule has 4 nitrogen and oxygen atoms in total. The molecule has 0 saturated heterocycles. The molecule has 0 radical (unpaired) electrons. The van der Waals surface area contributed by atoms with E-state index in [4.69, 9.17) is 9.47 Å². The van der Waals surface area contributed by atoms with Gasteiger partial charge in [0.25, 0.3) is 0 Å². The molecule has 0 bridgehead atoms. The number of thioether (sulfide) groups is 1. The van der Waals surface area contributed by atoms with Crippen molar-refractivity contribution in [1.82, 2.24) is 0 Å². The van der Waals surface area contributed by atoms with Gasteiger partial charge in [0, 0.05) is 15.6 Å². The van der Waals surface area contributed by atoms with Gasteiger partial charge in [-0.2, -0.15) is 0 Å². The van der Waals surface area contributed by atoms with Gasteiger partial charge in [0.2, 0.25) is 0 Å². The highest BCUT2D eigenvalue weighted by molar-refractivity contribution is 8.00. The minimum Gasteiger partial charge on any atom is -0.468 e. The van der Waals surface area contributed by atoms with Gasteiger partial charge in [-0.3, -0.25) is 9.59 Å². The average molecular weight is 308 g/mol. The van der Waals surface area contributed by atoms with Crippen molar-refractivity contribution >= 4 is 23.7 Å². The van der Waals surface area contributed by atoms with Crippen LogP contribution in [0, 0.1) is 17.8 Å². The summed E-state index contributed by atoms with van der Waals surface area (Å²) in [7, 11) is 2.60. The number of esters is 2. The molecular weight excluding hydrogens is 288 g/mol. The Bertz CT molecular complexity index is 563. The van der Waals surface area contributed by atoms with Crippen LogP contribution >= 0.6 is 11.8 Å². The van der Waals surface area contributed by atoms with Crippen LogP contribution in [0.15, 0.2) is 29.2 Å². The molecule has 1 saturated carbocycles. The molecule has 0 amide bonds. The number of carbonyl (C=O) groups is 2. The molecule has 1 atom stereocenters. The van der Waals surface area contributed by atoms with Crippen molar-refractivity contribution in [2.24, 2.45) is 10.8 Å². The maximum Gasteiger partial charge on any atom is 0.325 e. The lowest BCUT2D eigenvalue weighted by atomic mass is 9.96. The monoisotopic (exact) mass is 308 g/mol. The summed E-state index contributed by atoms with van der Waals surface area (Å²) in [5.74, 6) is -1.05. The Morgan fingerprint density at radius 2 is 1.62 bits per heavy atom. The minimum absolute atomic E-state index is 0.203. The van der Waals surface area contributed by atoms with E-state index in [-0.39, 0.29) is 5.25 Å². The zero-order valence-corrected chi connectivity index (χ0v) is 13.7. The van der Waals surface area contributed by atoms with E-state index in [9.17, 15) is 9.59 Å². The van der Waals surface area contributed by atoms with Crippen molar-refractivity contribution in [3.63, 3.8) is 0 Å². The third-order valence-electron chi connectivity index (χ3n) is 4.33. The Morgan fingerprint density at radius 1 is 1.10 bits per heavy atom.